The smallest absolute Gasteiger partial charge is 0.318 e. The van der Waals surface area contributed by atoms with E-state index in [9.17, 15) is 4.79 Å². The van der Waals surface area contributed by atoms with Gasteiger partial charge in [-0.1, -0.05) is 0 Å². The summed E-state index contributed by atoms with van der Waals surface area (Å²) in [5.74, 6) is -0.0852. The van der Waals surface area contributed by atoms with Crippen molar-refractivity contribution >= 4 is 11.7 Å². The van der Waals surface area contributed by atoms with Crippen LogP contribution in [0.25, 0.3) is 0 Å². The molecular formula is C8H12N4O2. The molecule has 0 aliphatic carbocycles. The summed E-state index contributed by atoms with van der Waals surface area (Å²) in [6, 6.07) is 1.60. The molecule has 0 aromatic carbocycles. The number of nitrogens with two attached hydrogens (primary N) is 1. The largest absolute Gasteiger partial charge is 0.467 e. The van der Waals surface area contributed by atoms with E-state index in [1.165, 1.54) is 13.2 Å². The number of nitrogens with one attached hydrogen (secondary N) is 1. The molecule has 6 nitrogen and oxygen atoms in total. The molecule has 0 unspecified atom stereocenters. The molecule has 3 N–H and O–H groups in total. The number of primary amides is 1. The zero-order chi connectivity index (χ0) is 10.6. The maximum Gasteiger partial charge on any atom is 0.318 e. The van der Waals surface area contributed by atoms with Crippen molar-refractivity contribution in [3.8, 4) is 6.01 Å². The van der Waals surface area contributed by atoms with Crippen molar-refractivity contribution in [2.75, 3.05) is 19.0 Å². The van der Waals surface area contributed by atoms with Crippen LogP contribution in [0.2, 0.25) is 0 Å². The van der Waals surface area contributed by atoms with E-state index in [4.69, 9.17) is 10.5 Å². The van der Waals surface area contributed by atoms with Crippen molar-refractivity contribution in [1.29, 1.82) is 0 Å². The Morgan fingerprint density at radius 3 is 2.86 bits per heavy atom. The predicted molar refractivity (Wildman–Crippen MR) is 51.3 cm³/mol. The SMILES string of the molecule is CCNc1cc(C(N)=O)nc(OC)n1. The van der Waals surface area contributed by atoms with Crippen molar-refractivity contribution in [2.24, 2.45) is 5.73 Å². The van der Waals surface area contributed by atoms with Gasteiger partial charge in [0, 0.05) is 12.6 Å². The molecule has 1 rings (SSSR count). The minimum Gasteiger partial charge on any atom is -0.467 e. The summed E-state index contributed by atoms with van der Waals surface area (Å²) in [4.78, 5) is 18.6. The monoisotopic (exact) mass is 196 g/mol. The Hall–Kier alpha value is -1.85. The maximum absolute atomic E-state index is 10.9. The fourth-order valence-electron chi connectivity index (χ4n) is 0.914. The number of hydrogen-bond acceptors (Lipinski definition) is 5. The molecule has 0 aliphatic rings. The van der Waals surface area contributed by atoms with E-state index in [0.29, 0.717) is 12.4 Å². The zero-order valence-electron chi connectivity index (χ0n) is 8.07. The Morgan fingerprint density at radius 2 is 2.36 bits per heavy atom. The Morgan fingerprint density at radius 1 is 1.64 bits per heavy atom. The lowest BCUT2D eigenvalue weighted by Gasteiger charge is -2.05. The number of nitrogens with zero attached hydrogens (tertiary/aromatic N) is 2. The summed E-state index contributed by atoms with van der Waals surface area (Å²) >= 11 is 0. The summed E-state index contributed by atoms with van der Waals surface area (Å²) in [5, 5.41) is 2.94. The highest BCUT2D eigenvalue weighted by Crippen LogP contribution is 2.10. The van der Waals surface area contributed by atoms with Crippen LogP contribution in [-0.2, 0) is 0 Å². The van der Waals surface area contributed by atoms with Crippen LogP contribution in [0.5, 0.6) is 6.01 Å². The summed E-state index contributed by atoms with van der Waals surface area (Å²) in [5.41, 5.74) is 5.22. The number of anilines is 1. The quantitative estimate of drug-likeness (QED) is 0.708. The molecule has 0 aliphatic heterocycles. The van der Waals surface area contributed by atoms with Gasteiger partial charge in [-0.05, 0) is 6.92 Å². The molecule has 0 saturated heterocycles. The van der Waals surface area contributed by atoms with Gasteiger partial charge in [-0.25, -0.2) is 0 Å². The average Bonchev–Trinajstić information content (AvgIpc) is 2.17. The summed E-state index contributed by atoms with van der Waals surface area (Å²) in [6.45, 7) is 2.61. The van der Waals surface area contributed by atoms with E-state index in [1.807, 2.05) is 6.92 Å². The third-order valence-electron chi connectivity index (χ3n) is 1.50. The van der Waals surface area contributed by atoms with E-state index in [1.54, 1.807) is 0 Å². The van der Waals surface area contributed by atoms with Gasteiger partial charge in [-0.2, -0.15) is 9.97 Å². The topological polar surface area (TPSA) is 90.1 Å². The lowest BCUT2D eigenvalue weighted by atomic mass is 10.4. The number of amides is 1. The van der Waals surface area contributed by atoms with Crippen LogP contribution in [0, 0.1) is 0 Å². The first kappa shape index (κ1) is 10.2. The van der Waals surface area contributed by atoms with Crippen molar-refractivity contribution in [3.63, 3.8) is 0 Å². The van der Waals surface area contributed by atoms with Gasteiger partial charge in [-0.3, -0.25) is 4.79 Å². The highest BCUT2D eigenvalue weighted by molar-refractivity contribution is 5.91. The van der Waals surface area contributed by atoms with Crippen molar-refractivity contribution in [2.45, 2.75) is 6.92 Å². The van der Waals surface area contributed by atoms with E-state index in [2.05, 4.69) is 15.3 Å². The van der Waals surface area contributed by atoms with Gasteiger partial charge in [-0.15, -0.1) is 0 Å². The molecule has 1 amide bonds. The third kappa shape index (κ3) is 2.32. The Kier molecular flexibility index (Phi) is 3.22. The zero-order valence-corrected chi connectivity index (χ0v) is 8.07. The van der Waals surface area contributed by atoms with Crippen LogP contribution >= 0.6 is 0 Å². The minimum absolute atomic E-state index is 0.122. The molecule has 0 radical (unpaired) electrons. The standard InChI is InChI=1S/C8H12N4O2/c1-3-10-6-4-5(7(9)13)11-8(12-6)14-2/h4H,3H2,1-2H3,(H2,9,13)(H,10,11,12). The lowest BCUT2D eigenvalue weighted by Crippen LogP contribution is -2.15. The first-order valence-electron chi connectivity index (χ1n) is 4.14. The second-order valence-electron chi connectivity index (χ2n) is 2.52. The number of carbonyl (C=O) groups is 1. The van der Waals surface area contributed by atoms with Gasteiger partial charge in [0.25, 0.3) is 5.91 Å². The van der Waals surface area contributed by atoms with Crippen molar-refractivity contribution in [1.82, 2.24) is 9.97 Å². The first-order chi connectivity index (χ1) is 6.67. The fourth-order valence-corrected chi connectivity index (χ4v) is 0.914. The van der Waals surface area contributed by atoms with Gasteiger partial charge < -0.3 is 15.8 Å². The number of hydrogen-bond donors (Lipinski definition) is 2. The van der Waals surface area contributed by atoms with E-state index in [-0.39, 0.29) is 11.7 Å². The molecule has 0 bridgehead atoms. The van der Waals surface area contributed by atoms with Crippen LogP contribution in [0.15, 0.2) is 6.07 Å². The normalized spacial score (nSPS) is 9.57. The molecule has 14 heavy (non-hydrogen) atoms. The molecule has 1 heterocycles. The molecule has 0 fully saturated rings. The lowest BCUT2D eigenvalue weighted by molar-refractivity contribution is 0.0994. The summed E-state index contributed by atoms with van der Waals surface area (Å²) in [7, 11) is 1.43. The molecule has 0 saturated carbocycles. The molecule has 1 aromatic rings. The van der Waals surface area contributed by atoms with Crippen molar-refractivity contribution < 1.29 is 9.53 Å². The molecular weight excluding hydrogens is 184 g/mol. The molecule has 1 aromatic heterocycles. The minimum atomic E-state index is -0.607. The van der Waals surface area contributed by atoms with Gasteiger partial charge in [0.05, 0.1) is 7.11 Å². The van der Waals surface area contributed by atoms with Gasteiger partial charge in [0.2, 0.25) is 0 Å². The maximum atomic E-state index is 10.9. The van der Waals surface area contributed by atoms with Gasteiger partial charge >= 0.3 is 6.01 Å². The van der Waals surface area contributed by atoms with Crippen LogP contribution in [0.4, 0.5) is 5.82 Å². The summed E-state index contributed by atoms with van der Waals surface area (Å²) < 4.78 is 4.82. The summed E-state index contributed by atoms with van der Waals surface area (Å²) in [6.07, 6.45) is 0. The van der Waals surface area contributed by atoms with Crippen LogP contribution in [0.1, 0.15) is 17.4 Å². The second kappa shape index (κ2) is 4.40. The fraction of sp³-hybridized carbons (Fsp3) is 0.375. The predicted octanol–water partition coefficient (Wildman–Crippen LogP) is 0.0159. The third-order valence-corrected chi connectivity index (χ3v) is 1.50. The first-order valence-corrected chi connectivity index (χ1v) is 4.14. The number of aromatic nitrogens is 2. The van der Waals surface area contributed by atoms with E-state index >= 15 is 0 Å². The average molecular weight is 196 g/mol. The number of ether oxygens (including phenoxy) is 1. The number of carbonyl (C=O) groups excluding carboxylic acids is 1. The van der Waals surface area contributed by atoms with Crippen molar-refractivity contribution in [3.05, 3.63) is 11.8 Å². The molecule has 0 spiro atoms. The Balaban J connectivity index is 3.06. The van der Waals surface area contributed by atoms with Gasteiger partial charge in [0.1, 0.15) is 11.5 Å². The number of rotatable bonds is 4. The highest BCUT2D eigenvalue weighted by atomic mass is 16.5. The van der Waals surface area contributed by atoms with Crippen LogP contribution in [0.3, 0.4) is 0 Å². The molecule has 76 valence electrons. The van der Waals surface area contributed by atoms with E-state index < -0.39 is 5.91 Å². The van der Waals surface area contributed by atoms with Crippen LogP contribution in [-0.4, -0.2) is 29.5 Å². The van der Waals surface area contributed by atoms with Gasteiger partial charge in [0.15, 0.2) is 0 Å². The van der Waals surface area contributed by atoms with Crippen LogP contribution < -0.4 is 15.8 Å². The molecule has 0 atom stereocenters. The Labute approximate surface area is 81.5 Å². The molecule has 6 heteroatoms. The highest BCUT2D eigenvalue weighted by Gasteiger charge is 2.08. The second-order valence-corrected chi connectivity index (χ2v) is 2.52. The Bertz CT molecular complexity index is 340. The number of methoxy groups -OCH3 is 1. The van der Waals surface area contributed by atoms with E-state index in [0.717, 1.165) is 0 Å².